The molecule has 1 aliphatic heterocycles. The second-order valence-corrected chi connectivity index (χ2v) is 8.11. The number of rotatable bonds is 4. The molecular formula is C24H29N3O4. The Labute approximate surface area is 182 Å². The summed E-state index contributed by atoms with van der Waals surface area (Å²) in [5.41, 5.74) is 5.51. The minimum absolute atomic E-state index is 0.0359. The van der Waals surface area contributed by atoms with Crippen molar-refractivity contribution < 1.29 is 18.7 Å². The van der Waals surface area contributed by atoms with E-state index in [1.807, 2.05) is 17.9 Å². The average molecular weight is 424 g/mol. The summed E-state index contributed by atoms with van der Waals surface area (Å²) in [4.78, 5) is 27.7. The Balaban J connectivity index is 1.57. The molecule has 2 aliphatic rings. The van der Waals surface area contributed by atoms with Gasteiger partial charge in [-0.3, -0.25) is 9.59 Å². The SMILES string of the molecule is COc1ccccc1C(=O)N/N=C1\CCCc2oc(C(=O)N3CCCCCC3)c(C)c21. The van der Waals surface area contributed by atoms with Crippen LogP contribution in [0.15, 0.2) is 33.8 Å². The summed E-state index contributed by atoms with van der Waals surface area (Å²) >= 11 is 0. The smallest absolute Gasteiger partial charge is 0.289 e. The zero-order valence-corrected chi connectivity index (χ0v) is 18.2. The van der Waals surface area contributed by atoms with Gasteiger partial charge < -0.3 is 14.1 Å². The number of ether oxygens (including phenoxy) is 1. The van der Waals surface area contributed by atoms with Crippen molar-refractivity contribution in [3.8, 4) is 5.75 Å². The van der Waals surface area contributed by atoms with Crippen LogP contribution in [0.3, 0.4) is 0 Å². The predicted molar refractivity (Wildman–Crippen MR) is 118 cm³/mol. The number of hydrogen-bond acceptors (Lipinski definition) is 5. The Bertz CT molecular complexity index is 1000. The van der Waals surface area contributed by atoms with E-state index in [1.54, 1.807) is 18.2 Å². The number of carbonyl (C=O) groups excluding carboxylic acids is 2. The molecule has 0 atom stereocenters. The quantitative estimate of drug-likeness (QED) is 0.751. The second kappa shape index (κ2) is 9.37. The first-order chi connectivity index (χ1) is 15.1. The Hall–Kier alpha value is -3.09. The standard InChI is InChI=1S/C24H29N3O4/c1-16-21-18(25-26-23(28)17-10-5-6-12-19(17)30-2)11-9-13-20(21)31-22(16)24(29)27-14-7-3-4-8-15-27/h5-6,10,12H,3-4,7-9,11,13-15H2,1-2H3,(H,26,28)/b25-18+. The molecule has 0 radical (unpaired) electrons. The Kier molecular flexibility index (Phi) is 6.39. The number of hydrazone groups is 1. The third kappa shape index (κ3) is 4.36. The van der Waals surface area contributed by atoms with E-state index in [0.29, 0.717) is 17.1 Å². The molecule has 1 saturated heterocycles. The lowest BCUT2D eigenvalue weighted by molar-refractivity contribution is 0.0726. The highest BCUT2D eigenvalue weighted by Crippen LogP contribution is 2.31. The molecule has 2 amide bonds. The molecule has 1 fully saturated rings. The van der Waals surface area contributed by atoms with Crippen LogP contribution in [-0.4, -0.2) is 42.6 Å². The van der Waals surface area contributed by atoms with Gasteiger partial charge in [-0.1, -0.05) is 25.0 Å². The summed E-state index contributed by atoms with van der Waals surface area (Å²) in [6.07, 6.45) is 6.75. The number of fused-ring (bicyclic) bond motifs is 1. The first kappa shape index (κ1) is 21.2. The Morgan fingerprint density at radius 3 is 2.55 bits per heavy atom. The van der Waals surface area contributed by atoms with Gasteiger partial charge in [-0.15, -0.1) is 0 Å². The van der Waals surface area contributed by atoms with Crippen LogP contribution in [-0.2, 0) is 6.42 Å². The van der Waals surface area contributed by atoms with Crippen molar-refractivity contribution in [1.29, 1.82) is 0 Å². The molecule has 2 aromatic rings. The summed E-state index contributed by atoms with van der Waals surface area (Å²) < 4.78 is 11.3. The van der Waals surface area contributed by atoms with Crippen LogP contribution in [0.2, 0.25) is 0 Å². The Morgan fingerprint density at radius 1 is 1.06 bits per heavy atom. The number of nitrogens with one attached hydrogen (secondary N) is 1. The summed E-state index contributed by atoms with van der Waals surface area (Å²) in [6, 6.07) is 7.03. The maximum atomic E-state index is 13.1. The number of carbonyl (C=O) groups is 2. The number of benzene rings is 1. The zero-order valence-electron chi connectivity index (χ0n) is 18.2. The lowest BCUT2D eigenvalue weighted by Gasteiger charge is -2.19. The monoisotopic (exact) mass is 423 g/mol. The number of likely N-dealkylation sites (tertiary alicyclic amines) is 1. The van der Waals surface area contributed by atoms with E-state index in [4.69, 9.17) is 9.15 Å². The van der Waals surface area contributed by atoms with Crippen LogP contribution in [0.25, 0.3) is 0 Å². The van der Waals surface area contributed by atoms with E-state index in [2.05, 4.69) is 10.5 Å². The molecule has 1 aromatic heterocycles. The molecule has 31 heavy (non-hydrogen) atoms. The van der Waals surface area contributed by atoms with E-state index in [1.165, 1.54) is 20.0 Å². The molecule has 1 aromatic carbocycles. The van der Waals surface area contributed by atoms with E-state index in [0.717, 1.165) is 67.8 Å². The summed E-state index contributed by atoms with van der Waals surface area (Å²) in [5.74, 6) is 1.32. The number of para-hydroxylation sites is 1. The van der Waals surface area contributed by atoms with Crippen LogP contribution in [0, 0.1) is 6.92 Å². The van der Waals surface area contributed by atoms with Gasteiger partial charge in [0.1, 0.15) is 11.5 Å². The lowest BCUT2D eigenvalue weighted by Crippen LogP contribution is -2.32. The third-order valence-electron chi connectivity index (χ3n) is 6.06. The molecular weight excluding hydrogens is 394 g/mol. The predicted octanol–water partition coefficient (Wildman–Crippen LogP) is 4.08. The number of furan rings is 1. The second-order valence-electron chi connectivity index (χ2n) is 8.11. The summed E-state index contributed by atoms with van der Waals surface area (Å²) in [7, 11) is 1.53. The minimum atomic E-state index is -0.334. The van der Waals surface area contributed by atoms with Gasteiger partial charge >= 0.3 is 0 Å². The molecule has 0 spiro atoms. The molecule has 7 heteroatoms. The van der Waals surface area contributed by atoms with Crippen molar-refractivity contribution in [2.24, 2.45) is 5.10 Å². The van der Waals surface area contributed by atoms with Crippen LogP contribution in [0.1, 0.15) is 76.3 Å². The lowest BCUT2D eigenvalue weighted by atomic mass is 9.93. The fraction of sp³-hybridized carbons (Fsp3) is 0.458. The molecule has 7 nitrogen and oxygen atoms in total. The number of aryl methyl sites for hydroxylation is 1. The van der Waals surface area contributed by atoms with E-state index in [-0.39, 0.29) is 11.8 Å². The fourth-order valence-electron chi connectivity index (χ4n) is 4.41. The molecule has 164 valence electrons. The number of hydrogen-bond donors (Lipinski definition) is 1. The van der Waals surface area contributed by atoms with E-state index in [9.17, 15) is 9.59 Å². The molecule has 1 aliphatic carbocycles. The Morgan fingerprint density at radius 2 is 1.81 bits per heavy atom. The first-order valence-corrected chi connectivity index (χ1v) is 11.0. The van der Waals surface area contributed by atoms with Crippen LogP contribution >= 0.6 is 0 Å². The summed E-state index contributed by atoms with van der Waals surface area (Å²) in [5, 5.41) is 4.41. The highest BCUT2D eigenvalue weighted by molar-refractivity contribution is 6.07. The third-order valence-corrected chi connectivity index (χ3v) is 6.06. The van der Waals surface area contributed by atoms with Crippen LogP contribution in [0.5, 0.6) is 5.75 Å². The molecule has 2 heterocycles. The number of amides is 2. The van der Waals surface area contributed by atoms with Crippen molar-refractivity contribution in [2.45, 2.75) is 51.9 Å². The van der Waals surface area contributed by atoms with E-state index >= 15 is 0 Å². The molecule has 4 rings (SSSR count). The van der Waals surface area contributed by atoms with Crippen molar-refractivity contribution in [3.05, 3.63) is 52.5 Å². The highest BCUT2D eigenvalue weighted by atomic mass is 16.5. The average Bonchev–Trinajstić information content (AvgIpc) is 2.96. The number of nitrogens with zero attached hydrogens (tertiary/aromatic N) is 2. The normalized spacial score (nSPS) is 17.7. The summed E-state index contributed by atoms with van der Waals surface area (Å²) in [6.45, 7) is 3.47. The minimum Gasteiger partial charge on any atom is -0.496 e. The molecule has 0 unspecified atom stereocenters. The van der Waals surface area contributed by atoms with Crippen LogP contribution in [0.4, 0.5) is 0 Å². The van der Waals surface area contributed by atoms with E-state index < -0.39 is 0 Å². The van der Waals surface area contributed by atoms with Gasteiger partial charge in [0.25, 0.3) is 11.8 Å². The van der Waals surface area contributed by atoms with Gasteiger partial charge in [-0.05, 0) is 44.7 Å². The maximum Gasteiger partial charge on any atom is 0.289 e. The first-order valence-electron chi connectivity index (χ1n) is 11.0. The van der Waals surface area contributed by atoms with Crippen molar-refractivity contribution in [2.75, 3.05) is 20.2 Å². The van der Waals surface area contributed by atoms with Gasteiger partial charge in [0.05, 0.1) is 18.4 Å². The van der Waals surface area contributed by atoms with Crippen LogP contribution < -0.4 is 10.2 Å². The molecule has 0 bridgehead atoms. The largest absolute Gasteiger partial charge is 0.496 e. The zero-order chi connectivity index (χ0) is 21.8. The molecule has 1 N–H and O–H groups in total. The highest BCUT2D eigenvalue weighted by Gasteiger charge is 2.30. The fourth-order valence-corrected chi connectivity index (χ4v) is 4.41. The van der Waals surface area contributed by atoms with Gasteiger partial charge in [0.2, 0.25) is 0 Å². The van der Waals surface area contributed by atoms with Gasteiger partial charge in [0, 0.05) is 30.6 Å². The maximum absolute atomic E-state index is 13.1. The topological polar surface area (TPSA) is 84.1 Å². The van der Waals surface area contributed by atoms with Gasteiger partial charge in [-0.25, -0.2) is 5.43 Å². The van der Waals surface area contributed by atoms with Gasteiger partial charge in [-0.2, -0.15) is 5.10 Å². The van der Waals surface area contributed by atoms with Crippen molar-refractivity contribution in [3.63, 3.8) is 0 Å². The van der Waals surface area contributed by atoms with Gasteiger partial charge in [0.15, 0.2) is 5.76 Å². The number of methoxy groups -OCH3 is 1. The molecule has 0 saturated carbocycles. The van der Waals surface area contributed by atoms with Crippen molar-refractivity contribution in [1.82, 2.24) is 10.3 Å². The van der Waals surface area contributed by atoms with Crippen molar-refractivity contribution >= 4 is 17.5 Å².